The van der Waals surface area contributed by atoms with Crippen molar-refractivity contribution in [2.45, 2.75) is 90.4 Å². The van der Waals surface area contributed by atoms with Crippen LogP contribution in [-0.2, 0) is 5.41 Å². The Hall–Kier alpha value is -6.37. The van der Waals surface area contributed by atoms with Crippen molar-refractivity contribution in [3.8, 4) is 28.7 Å². The number of aromatic hydroxyl groups is 1. The summed E-state index contributed by atoms with van der Waals surface area (Å²) >= 11 is 0. The molecule has 0 amide bonds. The zero-order chi connectivity index (χ0) is 41.3. The summed E-state index contributed by atoms with van der Waals surface area (Å²) in [7, 11) is 0. The summed E-state index contributed by atoms with van der Waals surface area (Å²) in [6.45, 7) is 6.70. The average molecular weight is 785 g/mol. The first kappa shape index (κ1) is 40.4. The summed E-state index contributed by atoms with van der Waals surface area (Å²) < 4.78 is 0. The van der Waals surface area contributed by atoms with E-state index in [-0.39, 0.29) is 11.2 Å². The number of hydrogen-bond donors (Lipinski definition) is 1. The molecule has 3 nitrogen and oxygen atoms in total. The van der Waals surface area contributed by atoms with Crippen molar-refractivity contribution >= 4 is 39.7 Å². The number of benzene rings is 7. The number of aryl methyl sites for hydroxylation is 1. The monoisotopic (exact) mass is 784 g/mol. The zero-order valence-corrected chi connectivity index (χ0v) is 35.4. The van der Waals surface area contributed by atoms with Crippen molar-refractivity contribution in [2.75, 3.05) is 4.90 Å². The Bertz CT molecular complexity index is 2610. The van der Waals surface area contributed by atoms with Crippen LogP contribution in [0.3, 0.4) is 0 Å². The van der Waals surface area contributed by atoms with E-state index in [1.54, 1.807) is 12.3 Å². The van der Waals surface area contributed by atoms with Gasteiger partial charge in [0.1, 0.15) is 5.75 Å². The van der Waals surface area contributed by atoms with Crippen LogP contribution < -0.4 is 4.90 Å². The quantitative estimate of drug-likeness (QED) is 0.0638. The van der Waals surface area contributed by atoms with Crippen LogP contribution in [-0.4, -0.2) is 11.3 Å². The second-order valence-corrected chi connectivity index (χ2v) is 16.4. The van der Waals surface area contributed by atoms with Gasteiger partial charge in [-0.2, -0.15) is 0 Å². The molecule has 0 spiro atoms. The number of nitrogens with zero attached hydrogens (tertiary/aromatic N) is 2. The van der Waals surface area contributed by atoms with Gasteiger partial charge in [0.15, 0.2) is 0 Å². The molecule has 0 radical (unpaired) electrons. The molecular formula is C57H56N2O. The van der Waals surface area contributed by atoms with Gasteiger partial charge in [-0.15, -0.1) is 0 Å². The van der Waals surface area contributed by atoms with Gasteiger partial charge in [-0.25, -0.2) is 0 Å². The number of rotatable bonds is 15. The van der Waals surface area contributed by atoms with E-state index < -0.39 is 0 Å². The number of fused-ring (bicyclic) bond motifs is 4. The Balaban J connectivity index is 1.17. The van der Waals surface area contributed by atoms with Crippen LogP contribution in [0.15, 0.2) is 157 Å². The Morgan fingerprint density at radius 1 is 0.567 bits per heavy atom. The highest BCUT2D eigenvalue weighted by Gasteiger charge is 2.43. The van der Waals surface area contributed by atoms with Gasteiger partial charge in [-0.3, -0.25) is 4.99 Å². The minimum absolute atomic E-state index is 0.109. The first-order valence-electron chi connectivity index (χ1n) is 22.1. The van der Waals surface area contributed by atoms with E-state index in [0.29, 0.717) is 5.56 Å². The van der Waals surface area contributed by atoms with Crippen molar-refractivity contribution in [1.82, 2.24) is 0 Å². The average Bonchev–Trinajstić information content (AvgIpc) is 3.55. The number of anilines is 3. The van der Waals surface area contributed by atoms with E-state index in [2.05, 4.69) is 165 Å². The second-order valence-electron chi connectivity index (χ2n) is 16.4. The van der Waals surface area contributed by atoms with Gasteiger partial charge in [0.25, 0.3) is 0 Å². The summed E-state index contributed by atoms with van der Waals surface area (Å²) in [5.41, 5.74) is 13.4. The van der Waals surface area contributed by atoms with Crippen molar-refractivity contribution < 1.29 is 5.11 Å². The molecule has 3 heteroatoms. The van der Waals surface area contributed by atoms with Gasteiger partial charge in [-0.05, 0) is 131 Å². The predicted molar refractivity (Wildman–Crippen MR) is 255 cm³/mol. The first-order valence-corrected chi connectivity index (χ1v) is 22.1. The van der Waals surface area contributed by atoms with Crippen molar-refractivity contribution in [3.63, 3.8) is 0 Å². The van der Waals surface area contributed by atoms with Crippen LogP contribution in [0.5, 0.6) is 5.75 Å². The van der Waals surface area contributed by atoms with E-state index in [1.165, 1.54) is 90.1 Å². The third kappa shape index (κ3) is 8.52. The Morgan fingerprint density at radius 3 is 1.82 bits per heavy atom. The standard InChI is InChI=1S/C57H56N2O/c1-4-6-8-18-36-57(37-19-9-7-5-2)53-39-44(27-26-43-29-35-56(60)46(38-43)41-58-55-34-30-45-20-16-17-25-50(45)42(55)3)28-32-51(53)52-33-31-49(40-54(52)57)59(47-21-12-10-13-22-47)48-23-14-11-15-24-48/h10-17,20-25,28-35,38-41,60H,4-9,18-19,36-37H2,1-3H3. The summed E-state index contributed by atoms with van der Waals surface area (Å²) in [6, 6.07) is 53.7. The smallest absolute Gasteiger partial charge is 0.124 e. The van der Waals surface area contributed by atoms with Gasteiger partial charge in [0, 0.05) is 45.4 Å². The van der Waals surface area contributed by atoms with Crippen LogP contribution in [0.25, 0.3) is 21.9 Å². The molecule has 0 fully saturated rings. The van der Waals surface area contributed by atoms with Gasteiger partial charge in [-0.1, -0.05) is 156 Å². The predicted octanol–water partition coefficient (Wildman–Crippen LogP) is 15.7. The summed E-state index contributed by atoms with van der Waals surface area (Å²) in [5, 5.41) is 13.2. The maximum absolute atomic E-state index is 10.8. The fraction of sp³-hybridized carbons (Fsp3) is 0.246. The zero-order valence-electron chi connectivity index (χ0n) is 35.4. The Morgan fingerprint density at radius 2 is 1.15 bits per heavy atom. The molecule has 0 unspecified atom stereocenters. The summed E-state index contributed by atoms with van der Waals surface area (Å²) in [6.07, 6.45) is 13.8. The Kier molecular flexibility index (Phi) is 12.6. The van der Waals surface area contributed by atoms with Crippen LogP contribution in [0.4, 0.5) is 22.7 Å². The molecule has 1 N–H and O–H groups in total. The number of phenolic OH excluding ortho intramolecular Hbond substituents is 1. The first-order chi connectivity index (χ1) is 29.5. The molecule has 1 aliphatic carbocycles. The molecule has 0 heterocycles. The molecular weight excluding hydrogens is 729 g/mol. The molecule has 7 aromatic rings. The minimum atomic E-state index is -0.109. The fourth-order valence-corrected chi connectivity index (χ4v) is 9.25. The van der Waals surface area contributed by atoms with Crippen LogP contribution in [0, 0.1) is 18.8 Å². The lowest BCUT2D eigenvalue weighted by atomic mass is 9.70. The topological polar surface area (TPSA) is 35.8 Å². The molecule has 7 aromatic carbocycles. The van der Waals surface area contributed by atoms with E-state index in [1.807, 2.05) is 18.2 Å². The van der Waals surface area contributed by atoms with E-state index >= 15 is 0 Å². The number of hydrogen-bond acceptors (Lipinski definition) is 3. The number of unbranched alkanes of at least 4 members (excludes halogenated alkanes) is 6. The van der Waals surface area contributed by atoms with Gasteiger partial charge >= 0.3 is 0 Å². The molecule has 0 aromatic heterocycles. The highest BCUT2D eigenvalue weighted by atomic mass is 16.3. The van der Waals surface area contributed by atoms with Crippen LogP contribution in [0.2, 0.25) is 0 Å². The molecule has 300 valence electrons. The van der Waals surface area contributed by atoms with E-state index in [9.17, 15) is 5.11 Å². The van der Waals surface area contributed by atoms with Crippen molar-refractivity contribution in [1.29, 1.82) is 0 Å². The normalized spacial score (nSPS) is 12.6. The van der Waals surface area contributed by atoms with Crippen LogP contribution >= 0.6 is 0 Å². The highest BCUT2D eigenvalue weighted by molar-refractivity contribution is 5.92. The molecule has 0 saturated carbocycles. The van der Waals surface area contributed by atoms with E-state index in [0.717, 1.165) is 46.6 Å². The number of aliphatic imine (C=N–C) groups is 1. The lowest BCUT2D eigenvalue weighted by Gasteiger charge is -2.34. The fourth-order valence-electron chi connectivity index (χ4n) is 9.25. The molecule has 0 bridgehead atoms. The third-order valence-corrected chi connectivity index (χ3v) is 12.4. The largest absolute Gasteiger partial charge is 0.507 e. The Labute approximate surface area is 357 Å². The second kappa shape index (κ2) is 18.7. The lowest BCUT2D eigenvalue weighted by molar-refractivity contribution is 0.401. The summed E-state index contributed by atoms with van der Waals surface area (Å²) in [4.78, 5) is 7.21. The lowest BCUT2D eigenvalue weighted by Crippen LogP contribution is -2.26. The number of phenols is 1. The van der Waals surface area contributed by atoms with Gasteiger partial charge in [0.2, 0.25) is 0 Å². The molecule has 0 aliphatic heterocycles. The SMILES string of the molecule is CCCCCCC1(CCCCCC)c2cc(C#Cc3ccc(O)c(C=Nc4ccc5ccccc5c4C)c3)ccc2-c2ccc(N(c3ccccc3)c3ccccc3)cc21. The van der Waals surface area contributed by atoms with Crippen molar-refractivity contribution in [3.05, 3.63) is 185 Å². The van der Waals surface area contributed by atoms with Crippen LogP contribution in [0.1, 0.15) is 111 Å². The molecule has 0 saturated heterocycles. The maximum Gasteiger partial charge on any atom is 0.124 e. The van der Waals surface area contributed by atoms with Crippen molar-refractivity contribution in [2.24, 2.45) is 4.99 Å². The molecule has 1 aliphatic rings. The molecule has 60 heavy (non-hydrogen) atoms. The van der Waals surface area contributed by atoms with Gasteiger partial charge < -0.3 is 10.0 Å². The molecule has 8 rings (SSSR count). The highest BCUT2D eigenvalue weighted by Crippen LogP contribution is 2.56. The minimum Gasteiger partial charge on any atom is -0.507 e. The summed E-state index contributed by atoms with van der Waals surface area (Å²) in [5.74, 6) is 7.19. The number of para-hydroxylation sites is 2. The van der Waals surface area contributed by atoms with Gasteiger partial charge in [0.05, 0.1) is 5.69 Å². The third-order valence-electron chi connectivity index (χ3n) is 12.4. The molecule has 0 atom stereocenters. The van der Waals surface area contributed by atoms with E-state index in [4.69, 9.17) is 4.99 Å². The maximum atomic E-state index is 10.8.